The number of carboxylic acids is 1. The van der Waals surface area contributed by atoms with Crippen molar-refractivity contribution >= 4 is 18.6 Å². The molecular weight excluding hydrogens is 321 g/mol. The Kier molecular flexibility index (Phi) is 4.47. The smallest absolute Gasteiger partial charge is 0.481 e. The van der Waals surface area contributed by atoms with Gasteiger partial charge in [-0.15, -0.1) is 0 Å². The number of oxazole rings is 1. The van der Waals surface area contributed by atoms with E-state index in [1.165, 1.54) is 0 Å². The van der Waals surface area contributed by atoms with Crippen molar-refractivity contribution in [2.24, 2.45) is 0 Å². The van der Waals surface area contributed by atoms with Crippen molar-refractivity contribution in [1.29, 1.82) is 0 Å². The second kappa shape index (κ2) is 6.31. The Labute approximate surface area is 147 Å². The van der Waals surface area contributed by atoms with Crippen molar-refractivity contribution in [3.8, 4) is 11.3 Å². The van der Waals surface area contributed by atoms with Gasteiger partial charge in [-0.05, 0) is 33.2 Å². The SMILES string of the molecule is CC1(C)OB(c2ccc(-c3cnc(CCC(=O)O)o3)cc2)OC1(C)C. The van der Waals surface area contributed by atoms with Crippen LogP contribution in [0.5, 0.6) is 0 Å². The first-order chi connectivity index (χ1) is 11.7. The van der Waals surface area contributed by atoms with Crippen LogP contribution >= 0.6 is 0 Å². The predicted octanol–water partition coefficient (Wildman–Crippen LogP) is 2.66. The van der Waals surface area contributed by atoms with Gasteiger partial charge in [0.05, 0.1) is 23.8 Å². The van der Waals surface area contributed by atoms with E-state index in [1.807, 2.05) is 52.0 Å². The van der Waals surface area contributed by atoms with E-state index in [9.17, 15) is 4.79 Å². The van der Waals surface area contributed by atoms with Gasteiger partial charge in [0.1, 0.15) is 0 Å². The second-order valence-corrected chi connectivity index (χ2v) is 7.22. The monoisotopic (exact) mass is 343 g/mol. The zero-order valence-corrected chi connectivity index (χ0v) is 14.9. The Bertz CT molecular complexity index is 750. The molecule has 1 aromatic heterocycles. The fourth-order valence-corrected chi connectivity index (χ4v) is 2.56. The molecule has 0 amide bonds. The fourth-order valence-electron chi connectivity index (χ4n) is 2.56. The summed E-state index contributed by atoms with van der Waals surface area (Å²) in [4.78, 5) is 14.7. The van der Waals surface area contributed by atoms with Gasteiger partial charge >= 0.3 is 13.1 Å². The van der Waals surface area contributed by atoms with Crippen LogP contribution < -0.4 is 5.46 Å². The van der Waals surface area contributed by atoms with Crippen molar-refractivity contribution in [3.05, 3.63) is 36.4 Å². The summed E-state index contributed by atoms with van der Waals surface area (Å²) in [6, 6.07) is 7.72. The van der Waals surface area contributed by atoms with E-state index in [4.69, 9.17) is 18.8 Å². The summed E-state index contributed by atoms with van der Waals surface area (Å²) < 4.78 is 17.7. The number of hydrogen-bond acceptors (Lipinski definition) is 5. The topological polar surface area (TPSA) is 81.8 Å². The number of aliphatic carboxylic acids is 1. The Balaban J connectivity index is 1.72. The maximum Gasteiger partial charge on any atom is 0.494 e. The molecule has 25 heavy (non-hydrogen) atoms. The van der Waals surface area contributed by atoms with Crippen LogP contribution in [-0.4, -0.2) is 34.4 Å². The Morgan fingerprint density at radius 2 is 1.72 bits per heavy atom. The minimum Gasteiger partial charge on any atom is -0.481 e. The predicted molar refractivity (Wildman–Crippen MR) is 93.6 cm³/mol. The zero-order valence-electron chi connectivity index (χ0n) is 14.9. The van der Waals surface area contributed by atoms with Gasteiger partial charge in [-0.3, -0.25) is 4.79 Å². The van der Waals surface area contributed by atoms with Crippen LogP contribution in [0.25, 0.3) is 11.3 Å². The molecule has 1 aromatic carbocycles. The fraction of sp³-hybridized carbons (Fsp3) is 0.444. The first kappa shape index (κ1) is 17.7. The molecule has 6 nitrogen and oxygen atoms in total. The normalized spacial score (nSPS) is 18.5. The molecule has 1 aliphatic rings. The summed E-state index contributed by atoms with van der Waals surface area (Å²) in [6.07, 6.45) is 1.89. The standard InChI is InChI=1S/C18H22BNO5/c1-17(2)18(3,4)25-19(24-17)13-7-5-12(6-8-13)14-11-20-15(23-14)9-10-16(21)22/h5-8,11H,9-10H2,1-4H3,(H,21,22). The number of benzene rings is 1. The highest BCUT2D eigenvalue weighted by molar-refractivity contribution is 6.62. The second-order valence-electron chi connectivity index (χ2n) is 7.22. The molecule has 1 fully saturated rings. The van der Waals surface area contributed by atoms with Crippen LogP contribution in [0.3, 0.4) is 0 Å². The number of hydrogen-bond donors (Lipinski definition) is 1. The van der Waals surface area contributed by atoms with Gasteiger partial charge in [-0.25, -0.2) is 4.98 Å². The van der Waals surface area contributed by atoms with Gasteiger partial charge in [-0.1, -0.05) is 24.3 Å². The lowest BCUT2D eigenvalue weighted by Crippen LogP contribution is -2.41. The minimum absolute atomic E-state index is 0.000813. The highest BCUT2D eigenvalue weighted by Gasteiger charge is 2.51. The van der Waals surface area contributed by atoms with Gasteiger partial charge in [0.25, 0.3) is 0 Å². The molecule has 0 atom stereocenters. The van der Waals surface area contributed by atoms with Gasteiger partial charge < -0.3 is 18.8 Å². The van der Waals surface area contributed by atoms with Gasteiger partial charge in [-0.2, -0.15) is 0 Å². The summed E-state index contributed by atoms with van der Waals surface area (Å²) in [5.74, 6) is 0.166. The molecule has 0 bridgehead atoms. The molecule has 2 heterocycles. The van der Waals surface area contributed by atoms with Crippen LogP contribution in [0, 0.1) is 0 Å². The van der Waals surface area contributed by atoms with Crippen LogP contribution in [0.1, 0.15) is 40.0 Å². The van der Waals surface area contributed by atoms with Gasteiger partial charge in [0.2, 0.25) is 0 Å². The molecular formula is C18H22BNO5. The summed E-state index contributed by atoms with van der Waals surface area (Å²) in [5.41, 5.74) is 1.06. The molecule has 0 aliphatic carbocycles. The van der Waals surface area contributed by atoms with Crippen molar-refractivity contribution in [1.82, 2.24) is 4.98 Å². The molecule has 0 saturated carbocycles. The summed E-state index contributed by atoms with van der Waals surface area (Å²) in [7, 11) is -0.403. The number of carboxylic acid groups (broad SMARTS) is 1. The molecule has 1 N–H and O–H groups in total. The molecule has 0 spiro atoms. The number of aryl methyl sites for hydroxylation is 1. The zero-order chi connectivity index (χ0) is 18.2. The first-order valence-corrected chi connectivity index (χ1v) is 8.30. The molecule has 7 heteroatoms. The van der Waals surface area contributed by atoms with Crippen LogP contribution in [0.2, 0.25) is 0 Å². The highest BCUT2D eigenvalue weighted by Crippen LogP contribution is 2.36. The average Bonchev–Trinajstić information content (AvgIpc) is 3.08. The van der Waals surface area contributed by atoms with E-state index < -0.39 is 13.1 Å². The lowest BCUT2D eigenvalue weighted by Gasteiger charge is -2.32. The van der Waals surface area contributed by atoms with E-state index in [2.05, 4.69) is 4.98 Å². The molecule has 132 valence electrons. The van der Waals surface area contributed by atoms with Crippen molar-refractivity contribution in [3.63, 3.8) is 0 Å². The molecule has 3 rings (SSSR count). The Hall–Kier alpha value is -2.12. The molecule has 1 aliphatic heterocycles. The van der Waals surface area contributed by atoms with Crippen molar-refractivity contribution in [2.45, 2.75) is 51.7 Å². The van der Waals surface area contributed by atoms with Crippen LogP contribution in [-0.2, 0) is 20.5 Å². The average molecular weight is 343 g/mol. The van der Waals surface area contributed by atoms with E-state index in [1.54, 1.807) is 6.20 Å². The maximum absolute atomic E-state index is 10.6. The van der Waals surface area contributed by atoms with E-state index in [0.29, 0.717) is 11.7 Å². The van der Waals surface area contributed by atoms with E-state index in [-0.39, 0.29) is 24.0 Å². The molecule has 1 saturated heterocycles. The third-order valence-electron chi connectivity index (χ3n) is 4.83. The third-order valence-corrected chi connectivity index (χ3v) is 4.83. The largest absolute Gasteiger partial charge is 0.494 e. The van der Waals surface area contributed by atoms with Gasteiger partial charge in [0, 0.05) is 12.0 Å². The molecule has 2 aromatic rings. The third kappa shape index (κ3) is 3.62. The van der Waals surface area contributed by atoms with Crippen molar-refractivity contribution < 1.29 is 23.6 Å². The maximum atomic E-state index is 10.6. The van der Waals surface area contributed by atoms with Crippen LogP contribution in [0.4, 0.5) is 0 Å². The lowest BCUT2D eigenvalue weighted by molar-refractivity contribution is -0.137. The highest BCUT2D eigenvalue weighted by atomic mass is 16.7. The van der Waals surface area contributed by atoms with E-state index >= 15 is 0 Å². The number of rotatable bonds is 5. The minimum atomic E-state index is -0.869. The number of aromatic nitrogens is 1. The van der Waals surface area contributed by atoms with Crippen LogP contribution in [0.15, 0.2) is 34.9 Å². The van der Waals surface area contributed by atoms with Crippen molar-refractivity contribution in [2.75, 3.05) is 0 Å². The first-order valence-electron chi connectivity index (χ1n) is 8.30. The number of nitrogens with zero attached hydrogens (tertiary/aromatic N) is 1. The Morgan fingerprint density at radius 3 is 2.28 bits per heavy atom. The summed E-state index contributed by atoms with van der Waals surface area (Å²) in [6.45, 7) is 8.09. The molecule has 0 radical (unpaired) electrons. The van der Waals surface area contributed by atoms with Gasteiger partial charge in [0.15, 0.2) is 11.7 Å². The number of carbonyl (C=O) groups is 1. The summed E-state index contributed by atoms with van der Waals surface area (Å²) >= 11 is 0. The summed E-state index contributed by atoms with van der Waals surface area (Å²) in [5, 5.41) is 8.71. The molecule has 0 unspecified atom stereocenters. The van der Waals surface area contributed by atoms with E-state index in [0.717, 1.165) is 11.0 Å². The lowest BCUT2D eigenvalue weighted by atomic mass is 9.79. The quantitative estimate of drug-likeness (QED) is 0.841. The Morgan fingerprint density at radius 1 is 1.12 bits per heavy atom.